The van der Waals surface area contributed by atoms with Crippen LogP contribution < -0.4 is 29.0 Å². The van der Waals surface area contributed by atoms with Crippen LogP contribution in [0.1, 0.15) is 71.3 Å². The van der Waals surface area contributed by atoms with Gasteiger partial charge in [0.25, 0.3) is 0 Å². The van der Waals surface area contributed by atoms with Crippen LogP contribution in [-0.4, -0.2) is 131 Å². The number of hydrogen-bond donors (Lipinski definition) is 3. The molecule has 5 aromatic rings. The van der Waals surface area contributed by atoms with E-state index >= 15 is 0 Å². The summed E-state index contributed by atoms with van der Waals surface area (Å²) in [6.45, 7) is 14.3. The fourth-order valence-electron chi connectivity index (χ4n) is 8.89. The minimum absolute atomic E-state index is 0.142. The largest absolute Gasteiger partial charge is 0.493 e. The Kier molecular flexibility index (Phi) is 22.4. The highest BCUT2D eigenvalue weighted by atomic mass is 16.6. The molecule has 1 amide bonds. The van der Waals surface area contributed by atoms with Crippen LogP contribution in [0.3, 0.4) is 0 Å². The van der Waals surface area contributed by atoms with Crippen molar-refractivity contribution in [3.8, 4) is 28.7 Å². The lowest BCUT2D eigenvalue weighted by Gasteiger charge is -2.37. The number of methoxy groups -OCH3 is 3. The van der Waals surface area contributed by atoms with Crippen molar-refractivity contribution in [2.45, 2.75) is 96.5 Å². The van der Waals surface area contributed by atoms with Gasteiger partial charge in [-0.3, -0.25) is 9.80 Å². The molecule has 1 aliphatic carbocycles. The number of carbonyl (C=O) groups is 1. The number of benzene rings is 4. The Morgan fingerprint density at radius 3 is 2.33 bits per heavy atom. The number of para-hydroxylation sites is 3. The number of aliphatic hydroxyl groups excluding tert-OH is 1. The highest BCUT2D eigenvalue weighted by Gasteiger charge is 2.36. The number of hydrogen-bond acceptors (Lipinski definition) is 11. The Balaban J connectivity index is 0.00000161. The number of allylic oxidation sites excluding steroid dienone is 1. The molecule has 0 spiro atoms. The number of rotatable bonds is 23. The molecule has 4 atom stereocenters. The lowest BCUT2D eigenvalue weighted by Crippen LogP contribution is -2.46. The van der Waals surface area contributed by atoms with Gasteiger partial charge in [-0.25, -0.2) is 4.79 Å². The molecule has 13 nitrogen and oxygen atoms in total. The third-order valence-electron chi connectivity index (χ3n) is 12.1. The Hall–Kier alpha value is -5.47. The normalized spacial score (nSPS) is 17.4. The maximum atomic E-state index is 12.9. The second-order valence-corrected chi connectivity index (χ2v) is 16.7. The van der Waals surface area contributed by atoms with Gasteiger partial charge in [0.1, 0.15) is 31.2 Å². The minimum Gasteiger partial charge on any atom is -0.493 e. The van der Waals surface area contributed by atoms with E-state index in [1.165, 1.54) is 12.8 Å². The molecule has 366 valence electrons. The molecule has 67 heavy (non-hydrogen) atoms. The van der Waals surface area contributed by atoms with E-state index in [-0.39, 0.29) is 24.9 Å². The molecule has 2 aliphatic rings. The van der Waals surface area contributed by atoms with Gasteiger partial charge in [-0.15, -0.1) is 6.58 Å². The predicted octanol–water partition coefficient (Wildman–Crippen LogP) is 9.84. The molecule has 7 rings (SSSR count). The number of alkyl carbamates (subject to hydrolysis) is 1. The van der Waals surface area contributed by atoms with Crippen molar-refractivity contribution in [2.75, 3.05) is 80.4 Å². The number of aliphatic hydroxyl groups is 1. The van der Waals surface area contributed by atoms with Gasteiger partial charge in [-0.1, -0.05) is 75.2 Å². The molecule has 2 fully saturated rings. The summed E-state index contributed by atoms with van der Waals surface area (Å²) in [5, 5.41) is 16.3. The molecule has 2 heterocycles. The molecule has 1 aliphatic heterocycles. The first kappa shape index (κ1) is 52.5. The van der Waals surface area contributed by atoms with E-state index in [0.717, 1.165) is 96.2 Å². The molecule has 0 bridgehead atoms. The van der Waals surface area contributed by atoms with Crippen molar-refractivity contribution >= 4 is 27.9 Å². The van der Waals surface area contributed by atoms with E-state index in [1.807, 2.05) is 87.5 Å². The van der Waals surface area contributed by atoms with Gasteiger partial charge < -0.3 is 48.6 Å². The Morgan fingerprint density at radius 2 is 1.54 bits per heavy atom. The van der Waals surface area contributed by atoms with Crippen LogP contribution in [0.4, 0.5) is 4.79 Å². The summed E-state index contributed by atoms with van der Waals surface area (Å²) in [4.78, 5) is 21.0. The number of aromatic amines is 1. The van der Waals surface area contributed by atoms with Crippen molar-refractivity contribution in [2.24, 2.45) is 0 Å². The number of unbranched alkanes of at least 4 members (excludes halogenated alkanes) is 1. The first-order valence-electron chi connectivity index (χ1n) is 24.2. The monoisotopic (exact) mass is 925 g/mol. The molecule has 4 aromatic carbocycles. The lowest BCUT2D eigenvalue weighted by molar-refractivity contribution is -0.0319. The molecule has 3 N–H and O–H groups in total. The first-order chi connectivity index (χ1) is 32.8. The van der Waals surface area contributed by atoms with Crippen LogP contribution in [0, 0.1) is 0 Å². The average Bonchev–Trinajstić information content (AvgIpc) is 3.99. The summed E-state index contributed by atoms with van der Waals surface area (Å²) in [6.07, 6.45) is 8.33. The van der Waals surface area contributed by atoms with E-state index in [2.05, 4.69) is 44.9 Å². The second kappa shape index (κ2) is 28.6. The van der Waals surface area contributed by atoms with E-state index < -0.39 is 6.10 Å². The topological polar surface area (TPSA) is 136 Å². The number of ether oxygens (including phenoxy) is 7. The van der Waals surface area contributed by atoms with E-state index in [0.29, 0.717) is 56.9 Å². The number of carbonyl (C=O) groups excluding carboxylic acids is 1. The zero-order chi connectivity index (χ0) is 47.8. The Labute approximate surface area is 398 Å². The maximum Gasteiger partial charge on any atom is 0.407 e. The summed E-state index contributed by atoms with van der Waals surface area (Å²) < 4.78 is 41.1. The molecule has 1 saturated heterocycles. The van der Waals surface area contributed by atoms with Crippen molar-refractivity contribution in [1.29, 1.82) is 0 Å². The van der Waals surface area contributed by atoms with Gasteiger partial charge >= 0.3 is 6.09 Å². The highest BCUT2D eigenvalue weighted by Crippen LogP contribution is 2.34. The number of H-pyrrole nitrogens is 1. The average molecular weight is 925 g/mol. The SMILES string of the molecule is C=CC.CC.COc1ccc(CCOC2CCCC[C@H]2N2CC[C@@H](OC(=O)NCCCCN(CCOc3ccccc3OC)CC(O)COc3cccc4[nH]c5ccccc5c34)C2)cc1OC. The summed E-state index contributed by atoms with van der Waals surface area (Å²) in [7, 11) is 4.93. The summed E-state index contributed by atoms with van der Waals surface area (Å²) >= 11 is 0. The molecular weight excluding hydrogens is 849 g/mol. The third kappa shape index (κ3) is 15.8. The first-order valence-corrected chi connectivity index (χ1v) is 24.2. The van der Waals surface area contributed by atoms with Gasteiger partial charge in [0.05, 0.1) is 39.6 Å². The zero-order valence-electron chi connectivity index (χ0n) is 40.8. The van der Waals surface area contributed by atoms with Crippen molar-refractivity contribution < 1.29 is 43.1 Å². The van der Waals surface area contributed by atoms with E-state index in [4.69, 9.17) is 33.2 Å². The molecule has 0 radical (unpaired) electrons. The van der Waals surface area contributed by atoms with Crippen molar-refractivity contribution in [3.63, 3.8) is 0 Å². The molecule has 1 aromatic heterocycles. The molecule has 1 saturated carbocycles. The quantitative estimate of drug-likeness (QED) is 0.0427. The number of likely N-dealkylation sites (tertiary alicyclic amines) is 1. The van der Waals surface area contributed by atoms with Crippen molar-refractivity contribution in [1.82, 2.24) is 20.1 Å². The molecule has 2 unspecified atom stereocenters. The van der Waals surface area contributed by atoms with E-state index in [1.54, 1.807) is 27.4 Å². The van der Waals surface area contributed by atoms with Gasteiger partial charge in [0.2, 0.25) is 0 Å². The van der Waals surface area contributed by atoms with Crippen LogP contribution in [-0.2, 0) is 15.9 Å². The minimum atomic E-state index is -0.736. The molecule has 13 heteroatoms. The highest BCUT2D eigenvalue weighted by molar-refractivity contribution is 6.10. The summed E-state index contributed by atoms with van der Waals surface area (Å²) in [6, 6.07) is 28.0. The van der Waals surface area contributed by atoms with Crippen LogP contribution in [0.15, 0.2) is 97.6 Å². The summed E-state index contributed by atoms with van der Waals surface area (Å²) in [5.41, 5.74) is 3.19. The van der Waals surface area contributed by atoms with Crippen LogP contribution in [0.25, 0.3) is 21.8 Å². The fraction of sp³-hybridized carbons (Fsp3) is 0.500. The second-order valence-electron chi connectivity index (χ2n) is 16.7. The number of amides is 1. The van der Waals surface area contributed by atoms with Gasteiger partial charge in [-0.05, 0) is 100 Å². The fourth-order valence-corrected chi connectivity index (χ4v) is 8.89. The maximum absolute atomic E-state index is 12.9. The predicted molar refractivity (Wildman–Crippen MR) is 268 cm³/mol. The van der Waals surface area contributed by atoms with E-state index in [9.17, 15) is 9.90 Å². The van der Waals surface area contributed by atoms with Crippen LogP contribution in [0.5, 0.6) is 28.7 Å². The number of aromatic nitrogens is 1. The number of fused-ring (bicyclic) bond motifs is 3. The van der Waals surface area contributed by atoms with Crippen LogP contribution in [0.2, 0.25) is 0 Å². The summed E-state index contributed by atoms with van der Waals surface area (Å²) in [5.74, 6) is 3.54. The van der Waals surface area contributed by atoms with Gasteiger partial charge in [0.15, 0.2) is 23.0 Å². The lowest BCUT2D eigenvalue weighted by atomic mass is 9.91. The standard InChI is InChI=1S/C49H64N4O9.C3H6.C2H6/c1-56-43-18-8-9-19-45(43)60-30-28-52(32-36(54)34-61-46-20-12-15-40-48(46)38-13-4-5-14-39(38)51-40)26-11-10-25-50-49(55)62-37-23-27-53(33-37)41-16-6-7-17-42(41)59-29-24-35-21-22-44(57-2)47(31-35)58-3;1-3-2;1-2/h4-5,8-9,12-15,18-22,31,36-37,41-42,51,54H,6-7,10-11,16-17,23-30,32-34H2,1-3H3,(H,50,55);3H,1H2,2H3;1-2H3/t36?,37-,41-,42?;;/m1../s1. The number of nitrogens with one attached hydrogen (secondary N) is 2. The Bertz CT molecular complexity index is 2210. The number of nitrogens with zero attached hydrogens (tertiary/aromatic N) is 2. The van der Waals surface area contributed by atoms with Crippen molar-refractivity contribution in [3.05, 3.63) is 103 Å². The zero-order valence-corrected chi connectivity index (χ0v) is 40.8. The molecular formula is C54H76N4O9. The Morgan fingerprint density at radius 1 is 0.836 bits per heavy atom. The third-order valence-corrected chi connectivity index (χ3v) is 12.1. The van der Waals surface area contributed by atoms with Crippen LogP contribution >= 0.6 is 0 Å². The van der Waals surface area contributed by atoms with Gasteiger partial charge in [0, 0.05) is 55.1 Å². The van der Waals surface area contributed by atoms with Gasteiger partial charge in [-0.2, -0.15) is 0 Å². The smallest absolute Gasteiger partial charge is 0.407 e.